The van der Waals surface area contributed by atoms with Gasteiger partial charge in [-0.25, -0.2) is 0 Å². The highest BCUT2D eigenvalue weighted by molar-refractivity contribution is 5.85. The van der Waals surface area contributed by atoms with Crippen molar-refractivity contribution in [1.29, 1.82) is 0 Å². The first kappa shape index (κ1) is 17.5. The van der Waals surface area contributed by atoms with Gasteiger partial charge in [0, 0.05) is 6.54 Å². The van der Waals surface area contributed by atoms with E-state index in [1.807, 2.05) is 0 Å². The van der Waals surface area contributed by atoms with Crippen molar-refractivity contribution in [1.82, 2.24) is 4.90 Å². The fourth-order valence-corrected chi connectivity index (χ4v) is 4.43. The lowest BCUT2D eigenvalue weighted by Gasteiger charge is -2.31. The molecule has 0 unspecified atom stereocenters. The van der Waals surface area contributed by atoms with Gasteiger partial charge < -0.3 is 14.7 Å². The lowest BCUT2D eigenvalue weighted by molar-refractivity contribution is -0.143. The number of benzene rings is 2. The summed E-state index contributed by atoms with van der Waals surface area (Å²) in [7, 11) is 0. The van der Waals surface area contributed by atoms with Gasteiger partial charge in [0.05, 0.1) is 18.1 Å². The Labute approximate surface area is 154 Å². The van der Waals surface area contributed by atoms with E-state index in [1.165, 1.54) is 16.3 Å². The number of carboxylic acid groups (broad SMARTS) is 1. The first-order valence-corrected chi connectivity index (χ1v) is 9.76. The molecule has 2 fully saturated rings. The van der Waals surface area contributed by atoms with E-state index in [4.69, 9.17) is 9.84 Å². The van der Waals surface area contributed by atoms with Crippen LogP contribution in [-0.2, 0) is 16.0 Å². The van der Waals surface area contributed by atoms with Crippen LogP contribution in [0.3, 0.4) is 0 Å². The van der Waals surface area contributed by atoms with E-state index in [2.05, 4.69) is 47.4 Å². The number of nitrogens with zero attached hydrogens (tertiary/aromatic N) is 1. The average Bonchev–Trinajstić information content (AvgIpc) is 3.09. The summed E-state index contributed by atoms with van der Waals surface area (Å²) in [5.41, 5.74) is 1.37. The van der Waals surface area contributed by atoms with Gasteiger partial charge in [-0.05, 0) is 61.5 Å². The van der Waals surface area contributed by atoms with E-state index in [0.717, 1.165) is 51.7 Å². The van der Waals surface area contributed by atoms with E-state index in [9.17, 15) is 4.79 Å². The van der Waals surface area contributed by atoms with E-state index in [-0.39, 0.29) is 12.0 Å². The third-order valence-electron chi connectivity index (χ3n) is 5.92. The normalized spacial score (nSPS) is 24.9. The van der Waals surface area contributed by atoms with E-state index in [0.29, 0.717) is 6.10 Å². The van der Waals surface area contributed by atoms with Crippen LogP contribution in [0.2, 0.25) is 0 Å². The zero-order valence-electron chi connectivity index (χ0n) is 15.1. The Hall–Kier alpha value is -1.91. The van der Waals surface area contributed by atoms with E-state index < -0.39 is 5.97 Å². The number of rotatable bonds is 5. The molecule has 26 heavy (non-hydrogen) atoms. The molecule has 2 aliphatic rings. The summed E-state index contributed by atoms with van der Waals surface area (Å²) in [5, 5.41) is 11.7. The van der Waals surface area contributed by atoms with Gasteiger partial charge in [-0.1, -0.05) is 42.5 Å². The maximum atomic E-state index is 11.1. The fourth-order valence-electron chi connectivity index (χ4n) is 4.43. The fraction of sp³-hybridized carbons (Fsp3) is 0.500. The number of piperidine rings is 1. The second-order valence-corrected chi connectivity index (χ2v) is 7.71. The van der Waals surface area contributed by atoms with Crippen molar-refractivity contribution in [3.05, 3.63) is 48.0 Å². The van der Waals surface area contributed by atoms with Crippen LogP contribution in [0.5, 0.6) is 0 Å². The number of likely N-dealkylation sites (tertiary alicyclic amines) is 1. The molecule has 2 heterocycles. The number of hydrogen-bond donors (Lipinski definition) is 1. The van der Waals surface area contributed by atoms with Crippen molar-refractivity contribution in [3.63, 3.8) is 0 Å². The van der Waals surface area contributed by atoms with Crippen LogP contribution >= 0.6 is 0 Å². The summed E-state index contributed by atoms with van der Waals surface area (Å²) in [6, 6.07) is 15.1. The summed E-state index contributed by atoms with van der Waals surface area (Å²) in [5.74, 6) is -0.799. The SMILES string of the molecule is O=C(O)C1CCN(C[C@H]2CC[C@@H](Cc3cccc4ccccc34)O2)CC1. The molecular weight excluding hydrogens is 326 g/mol. The quantitative estimate of drug-likeness (QED) is 0.890. The van der Waals surface area contributed by atoms with Crippen molar-refractivity contribution in [2.75, 3.05) is 19.6 Å². The van der Waals surface area contributed by atoms with E-state index >= 15 is 0 Å². The second kappa shape index (κ2) is 7.77. The third-order valence-corrected chi connectivity index (χ3v) is 5.92. The Kier molecular flexibility index (Phi) is 5.23. The minimum Gasteiger partial charge on any atom is -0.481 e. The molecule has 4 nitrogen and oxygen atoms in total. The van der Waals surface area contributed by atoms with Crippen LogP contribution in [0.4, 0.5) is 0 Å². The smallest absolute Gasteiger partial charge is 0.306 e. The largest absolute Gasteiger partial charge is 0.481 e. The van der Waals surface area contributed by atoms with Crippen molar-refractivity contribution in [2.45, 2.75) is 44.3 Å². The Morgan fingerprint density at radius 2 is 1.73 bits per heavy atom. The van der Waals surface area contributed by atoms with Crippen molar-refractivity contribution in [2.24, 2.45) is 5.92 Å². The molecule has 0 spiro atoms. The zero-order valence-corrected chi connectivity index (χ0v) is 15.1. The Morgan fingerprint density at radius 3 is 2.54 bits per heavy atom. The molecular formula is C22H27NO3. The number of aliphatic carboxylic acids is 1. The minimum atomic E-state index is -0.642. The standard InChI is InChI=1S/C22H27NO3/c24-22(25)17-10-12-23(13-11-17)15-20-9-8-19(26-20)14-18-6-3-5-16-4-1-2-7-21(16)18/h1-7,17,19-20H,8-15H2,(H,24,25)/t19-,20+/m0/s1. The molecule has 2 aromatic rings. The molecule has 2 saturated heterocycles. The van der Waals surface area contributed by atoms with Gasteiger partial charge in [0.25, 0.3) is 0 Å². The van der Waals surface area contributed by atoms with Crippen molar-refractivity contribution in [3.8, 4) is 0 Å². The van der Waals surface area contributed by atoms with Gasteiger partial charge in [0.1, 0.15) is 0 Å². The molecule has 0 aromatic heterocycles. The van der Waals surface area contributed by atoms with Crippen LogP contribution < -0.4 is 0 Å². The van der Waals surface area contributed by atoms with Crippen LogP contribution in [0.15, 0.2) is 42.5 Å². The van der Waals surface area contributed by atoms with Gasteiger partial charge in [0.2, 0.25) is 0 Å². The van der Waals surface area contributed by atoms with Gasteiger partial charge in [-0.3, -0.25) is 4.79 Å². The topological polar surface area (TPSA) is 49.8 Å². The highest BCUT2D eigenvalue weighted by atomic mass is 16.5. The molecule has 4 rings (SSSR count). The average molecular weight is 353 g/mol. The van der Waals surface area contributed by atoms with Crippen LogP contribution in [0.1, 0.15) is 31.2 Å². The Bertz CT molecular complexity index is 762. The summed E-state index contributed by atoms with van der Waals surface area (Å²) in [6.45, 7) is 2.70. The molecule has 0 amide bonds. The maximum Gasteiger partial charge on any atom is 0.306 e. The molecule has 2 aliphatic heterocycles. The van der Waals surface area contributed by atoms with Crippen LogP contribution in [0.25, 0.3) is 10.8 Å². The molecule has 2 aromatic carbocycles. The van der Waals surface area contributed by atoms with Crippen molar-refractivity contribution >= 4 is 16.7 Å². The lowest BCUT2D eigenvalue weighted by Crippen LogP contribution is -2.40. The molecule has 1 N–H and O–H groups in total. The number of carbonyl (C=O) groups is 1. The predicted octanol–water partition coefficient (Wildman–Crippen LogP) is 3.73. The maximum absolute atomic E-state index is 11.1. The molecule has 138 valence electrons. The van der Waals surface area contributed by atoms with Crippen LogP contribution in [0, 0.1) is 5.92 Å². The Morgan fingerprint density at radius 1 is 1.00 bits per heavy atom. The molecule has 0 aliphatic carbocycles. The third kappa shape index (κ3) is 3.92. The summed E-state index contributed by atoms with van der Waals surface area (Å²) < 4.78 is 6.33. The lowest BCUT2D eigenvalue weighted by atomic mass is 9.97. The first-order chi connectivity index (χ1) is 12.7. The van der Waals surface area contributed by atoms with Gasteiger partial charge in [-0.15, -0.1) is 0 Å². The summed E-state index contributed by atoms with van der Waals surface area (Å²) >= 11 is 0. The number of hydrogen-bond acceptors (Lipinski definition) is 3. The van der Waals surface area contributed by atoms with Gasteiger partial charge in [-0.2, -0.15) is 0 Å². The highest BCUT2D eigenvalue weighted by Crippen LogP contribution is 2.28. The van der Waals surface area contributed by atoms with E-state index in [1.54, 1.807) is 0 Å². The highest BCUT2D eigenvalue weighted by Gasteiger charge is 2.30. The molecule has 4 heteroatoms. The number of ether oxygens (including phenoxy) is 1. The number of fused-ring (bicyclic) bond motifs is 1. The first-order valence-electron chi connectivity index (χ1n) is 9.76. The minimum absolute atomic E-state index is 0.158. The van der Waals surface area contributed by atoms with Crippen LogP contribution in [-0.4, -0.2) is 47.8 Å². The summed E-state index contributed by atoms with van der Waals surface area (Å²) in [6.07, 6.45) is 5.30. The molecule has 0 saturated carbocycles. The Balaban J connectivity index is 1.31. The van der Waals surface area contributed by atoms with Gasteiger partial charge >= 0.3 is 5.97 Å². The molecule has 2 atom stereocenters. The molecule has 0 bridgehead atoms. The summed E-state index contributed by atoms with van der Waals surface area (Å²) in [4.78, 5) is 13.5. The zero-order chi connectivity index (χ0) is 17.9. The van der Waals surface area contributed by atoms with Gasteiger partial charge in [0.15, 0.2) is 0 Å². The number of carboxylic acids is 1. The molecule has 0 radical (unpaired) electrons. The monoisotopic (exact) mass is 353 g/mol. The second-order valence-electron chi connectivity index (χ2n) is 7.71. The predicted molar refractivity (Wildman–Crippen MR) is 102 cm³/mol. The van der Waals surface area contributed by atoms with Crippen molar-refractivity contribution < 1.29 is 14.6 Å².